The third kappa shape index (κ3) is 2.99. The second-order valence-electron chi connectivity index (χ2n) is 5.49. The summed E-state index contributed by atoms with van der Waals surface area (Å²) in [6.45, 7) is 2.73. The first-order chi connectivity index (χ1) is 11.6. The highest BCUT2D eigenvalue weighted by Crippen LogP contribution is 2.39. The summed E-state index contributed by atoms with van der Waals surface area (Å²) in [5.41, 5.74) is 1.04. The molecule has 0 aliphatic rings. The Morgan fingerprint density at radius 3 is 2.62 bits per heavy atom. The largest absolute Gasteiger partial charge is 0.493 e. The minimum Gasteiger partial charge on any atom is -0.493 e. The van der Waals surface area contributed by atoms with Crippen LogP contribution < -0.4 is 0 Å². The molecule has 4 nitrogen and oxygen atoms in total. The second-order valence-corrected chi connectivity index (χ2v) is 5.49. The van der Waals surface area contributed by atoms with Crippen LogP contribution in [0.15, 0.2) is 52.7 Å². The molecule has 0 saturated heterocycles. The molecule has 0 saturated carbocycles. The zero-order valence-corrected chi connectivity index (χ0v) is 13.2. The van der Waals surface area contributed by atoms with Crippen LogP contribution >= 0.6 is 0 Å². The molecule has 124 valence electrons. The molecule has 3 rings (SSSR count). The quantitative estimate of drug-likeness (QED) is 0.587. The Balaban J connectivity index is 2.05. The first-order valence-electron chi connectivity index (χ1n) is 7.78. The van der Waals surface area contributed by atoms with E-state index in [1.54, 1.807) is 4.57 Å². The fourth-order valence-corrected chi connectivity index (χ4v) is 2.58. The lowest BCUT2D eigenvalue weighted by Gasteiger charge is -2.05. The number of unbranched alkanes of at least 4 members (excludes halogenated alkanes) is 1. The normalized spacial score (nSPS) is 11.6. The molecule has 1 heterocycles. The van der Waals surface area contributed by atoms with Crippen molar-refractivity contribution in [3.63, 3.8) is 0 Å². The number of rotatable bonds is 5. The molecule has 0 bridgehead atoms. The van der Waals surface area contributed by atoms with Crippen LogP contribution in [0.1, 0.15) is 19.8 Å². The van der Waals surface area contributed by atoms with E-state index in [0.717, 1.165) is 35.9 Å². The van der Waals surface area contributed by atoms with E-state index < -0.39 is 11.6 Å². The van der Waals surface area contributed by atoms with Crippen molar-refractivity contribution >= 4 is 22.3 Å². The molecular formula is C18H17F2N3O. The summed E-state index contributed by atoms with van der Waals surface area (Å²) >= 11 is 0. The fourth-order valence-electron chi connectivity index (χ4n) is 2.58. The van der Waals surface area contributed by atoms with Crippen molar-refractivity contribution in [2.75, 3.05) is 0 Å². The van der Waals surface area contributed by atoms with Gasteiger partial charge in [-0.05, 0) is 24.6 Å². The van der Waals surface area contributed by atoms with E-state index in [2.05, 4.69) is 17.2 Å². The van der Waals surface area contributed by atoms with Crippen molar-refractivity contribution in [3.8, 4) is 5.88 Å². The van der Waals surface area contributed by atoms with Gasteiger partial charge in [-0.2, -0.15) is 0 Å². The van der Waals surface area contributed by atoms with E-state index >= 15 is 0 Å². The second kappa shape index (κ2) is 6.78. The average Bonchev–Trinajstić information content (AvgIpc) is 2.84. The number of aromatic hydroxyl groups is 1. The van der Waals surface area contributed by atoms with E-state index in [1.807, 2.05) is 24.3 Å². The molecule has 2 aromatic carbocycles. The highest BCUT2D eigenvalue weighted by molar-refractivity contribution is 5.95. The maximum Gasteiger partial charge on any atom is 0.220 e. The molecule has 0 radical (unpaired) electrons. The minimum absolute atomic E-state index is 0.00378. The van der Waals surface area contributed by atoms with Crippen LogP contribution in [0.25, 0.3) is 10.9 Å². The number of hydrogen-bond donors (Lipinski definition) is 1. The Kier molecular flexibility index (Phi) is 4.55. The molecule has 6 heteroatoms. The van der Waals surface area contributed by atoms with E-state index in [4.69, 9.17) is 0 Å². The number of aromatic nitrogens is 1. The van der Waals surface area contributed by atoms with Crippen LogP contribution in [0.2, 0.25) is 0 Å². The molecule has 0 aliphatic heterocycles. The molecule has 0 unspecified atom stereocenters. The predicted octanol–water partition coefficient (Wildman–Crippen LogP) is 5.84. The Labute approximate surface area is 138 Å². The summed E-state index contributed by atoms with van der Waals surface area (Å²) in [6, 6.07) is 10.5. The van der Waals surface area contributed by atoms with Crippen LogP contribution in [0.5, 0.6) is 5.88 Å². The van der Waals surface area contributed by atoms with Gasteiger partial charge >= 0.3 is 0 Å². The molecule has 3 aromatic rings. The number of benzene rings is 2. The van der Waals surface area contributed by atoms with Gasteiger partial charge in [-0.25, -0.2) is 8.78 Å². The van der Waals surface area contributed by atoms with Gasteiger partial charge in [0.2, 0.25) is 5.88 Å². The van der Waals surface area contributed by atoms with Gasteiger partial charge in [0.25, 0.3) is 0 Å². The van der Waals surface area contributed by atoms with Crippen molar-refractivity contribution < 1.29 is 13.9 Å². The third-order valence-corrected chi connectivity index (χ3v) is 3.82. The lowest BCUT2D eigenvalue weighted by Crippen LogP contribution is -1.96. The molecule has 0 aliphatic carbocycles. The molecule has 1 N–H and O–H groups in total. The number of fused-ring (bicyclic) bond motifs is 1. The van der Waals surface area contributed by atoms with Crippen molar-refractivity contribution in [1.29, 1.82) is 0 Å². The van der Waals surface area contributed by atoms with Crippen molar-refractivity contribution in [2.45, 2.75) is 26.3 Å². The average molecular weight is 329 g/mol. The maximum absolute atomic E-state index is 13.7. The third-order valence-electron chi connectivity index (χ3n) is 3.82. The standard InChI is InChI=1S/C18H17F2N3O/c1-2-3-10-23-16-7-5-4-6-13(16)17(18(23)24)22-21-15-9-8-12(19)11-14(15)20/h4-9,11,24H,2-3,10H2,1H3. The first kappa shape index (κ1) is 16.1. The number of azo groups is 1. The highest BCUT2D eigenvalue weighted by atomic mass is 19.1. The van der Waals surface area contributed by atoms with Gasteiger partial charge in [-0.3, -0.25) is 0 Å². The number of hydrogen-bond acceptors (Lipinski definition) is 3. The summed E-state index contributed by atoms with van der Waals surface area (Å²) in [5, 5.41) is 19.1. The molecule has 1 aromatic heterocycles. The van der Waals surface area contributed by atoms with E-state index in [9.17, 15) is 13.9 Å². The van der Waals surface area contributed by atoms with Crippen LogP contribution in [-0.2, 0) is 6.54 Å². The zero-order chi connectivity index (χ0) is 17.1. The highest BCUT2D eigenvalue weighted by Gasteiger charge is 2.16. The van der Waals surface area contributed by atoms with Crippen molar-refractivity contribution in [1.82, 2.24) is 4.57 Å². The Hall–Kier alpha value is -2.76. The SMILES string of the molecule is CCCCn1c(O)c(N=Nc2ccc(F)cc2F)c2ccccc21. The van der Waals surface area contributed by atoms with Gasteiger partial charge in [0.1, 0.15) is 11.5 Å². The summed E-state index contributed by atoms with van der Waals surface area (Å²) < 4.78 is 28.4. The Morgan fingerprint density at radius 1 is 1.08 bits per heavy atom. The molecule has 0 atom stereocenters. The number of nitrogens with zero attached hydrogens (tertiary/aromatic N) is 3. The summed E-state index contributed by atoms with van der Waals surface area (Å²) in [5.74, 6) is -1.48. The van der Waals surface area contributed by atoms with Gasteiger partial charge in [-0.15, -0.1) is 10.2 Å². The van der Waals surface area contributed by atoms with Crippen molar-refractivity contribution in [3.05, 3.63) is 54.1 Å². The molecule has 24 heavy (non-hydrogen) atoms. The Bertz CT molecular complexity index is 903. The summed E-state index contributed by atoms with van der Waals surface area (Å²) in [6.07, 6.45) is 1.90. The smallest absolute Gasteiger partial charge is 0.220 e. The van der Waals surface area contributed by atoms with Gasteiger partial charge in [0, 0.05) is 18.0 Å². The first-order valence-corrected chi connectivity index (χ1v) is 7.78. The van der Waals surface area contributed by atoms with Gasteiger partial charge in [0.05, 0.1) is 5.52 Å². The van der Waals surface area contributed by atoms with E-state index in [1.165, 1.54) is 6.07 Å². The van der Waals surface area contributed by atoms with E-state index in [0.29, 0.717) is 6.54 Å². The van der Waals surface area contributed by atoms with Crippen molar-refractivity contribution in [2.24, 2.45) is 10.2 Å². The maximum atomic E-state index is 13.7. The van der Waals surface area contributed by atoms with Crippen LogP contribution in [0.4, 0.5) is 20.2 Å². The predicted molar refractivity (Wildman–Crippen MR) is 89.0 cm³/mol. The van der Waals surface area contributed by atoms with Gasteiger partial charge in [0.15, 0.2) is 11.5 Å². The number of aryl methyl sites for hydroxylation is 1. The van der Waals surface area contributed by atoms with Crippen LogP contribution in [0.3, 0.4) is 0 Å². The number of para-hydroxylation sites is 1. The molecule has 0 spiro atoms. The minimum atomic E-state index is -0.798. The van der Waals surface area contributed by atoms with Crippen LogP contribution in [0, 0.1) is 11.6 Å². The van der Waals surface area contributed by atoms with Gasteiger partial charge < -0.3 is 9.67 Å². The lowest BCUT2D eigenvalue weighted by molar-refractivity contribution is 0.418. The lowest BCUT2D eigenvalue weighted by atomic mass is 10.2. The molecule has 0 fully saturated rings. The fraction of sp³-hybridized carbons (Fsp3) is 0.222. The van der Waals surface area contributed by atoms with Gasteiger partial charge in [-0.1, -0.05) is 31.5 Å². The summed E-state index contributed by atoms with van der Waals surface area (Å²) in [7, 11) is 0. The Morgan fingerprint density at radius 2 is 1.88 bits per heavy atom. The number of halogens is 2. The molecule has 0 amide bonds. The zero-order valence-electron chi connectivity index (χ0n) is 13.2. The monoisotopic (exact) mass is 329 g/mol. The summed E-state index contributed by atoms with van der Waals surface area (Å²) in [4.78, 5) is 0. The van der Waals surface area contributed by atoms with Crippen LogP contribution in [-0.4, -0.2) is 9.67 Å². The molecular weight excluding hydrogens is 312 g/mol. The topological polar surface area (TPSA) is 49.9 Å². The van der Waals surface area contributed by atoms with E-state index in [-0.39, 0.29) is 17.3 Å².